The number of fused-ring (bicyclic) bond motifs is 1. The van der Waals surface area contributed by atoms with Gasteiger partial charge in [0.05, 0.1) is 18.2 Å². The molecule has 6 heteroatoms. The molecule has 0 fully saturated rings. The Morgan fingerprint density at radius 1 is 1.30 bits per heavy atom. The van der Waals surface area contributed by atoms with Gasteiger partial charge in [0.25, 0.3) is 0 Å². The number of rotatable bonds is 2. The van der Waals surface area contributed by atoms with Crippen molar-refractivity contribution in [2.24, 2.45) is 0 Å². The molecule has 2 heterocycles. The van der Waals surface area contributed by atoms with E-state index in [2.05, 4.69) is 10.6 Å². The second-order valence-corrected chi connectivity index (χ2v) is 5.59. The molecule has 0 saturated carbocycles. The molecule has 2 N–H and O–H groups in total. The van der Waals surface area contributed by atoms with E-state index >= 15 is 0 Å². The van der Waals surface area contributed by atoms with E-state index in [1.165, 1.54) is 29.0 Å². The van der Waals surface area contributed by atoms with Crippen molar-refractivity contribution in [2.45, 2.75) is 13.0 Å². The Labute approximate surface area is 119 Å². The molecule has 0 bridgehead atoms. The largest absolute Gasteiger partial charge is 0.376 e. The molecule has 20 heavy (non-hydrogen) atoms. The summed E-state index contributed by atoms with van der Waals surface area (Å²) in [5, 5.41) is 6.13. The van der Waals surface area contributed by atoms with Crippen LogP contribution in [0.3, 0.4) is 0 Å². The number of thiophene rings is 1. The Hall–Kier alpha value is -1.92. The van der Waals surface area contributed by atoms with E-state index in [-0.39, 0.29) is 11.8 Å². The number of carbonyl (C=O) groups excluding carboxylic acids is 1. The second-order valence-electron chi connectivity index (χ2n) is 4.45. The van der Waals surface area contributed by atoms with Gasteiger partial charge in [-0.2, -0.15) is 0 Å². The van der Waals surface area contributed by atoms with Gasteiger partial charge in [0.1, 0.15) is 5.82 Å². The third kappa shape index (κ3) is 2.97. The van der Waals surface area contributed by atoms with Crippen LogP contribution in [0.4, 0.5) is 19.9 Å². The number of nitrogens with one attached hydrogen (secondary N) is 2. The lowest BCUT2D eigenvalue weighted by atomic mass is 10.2. The normalized spacial score (nSPS) is 13.7. The summed E-state index contributed by atoms with van der Waals surface area (Å²) in [5.41, 5.74) is 1.65. The van der Waals surface area contributed by atoms with Crippen LogP contribution >= 0.6 is 11.3 Å². The number of hydrogen-bond acceptors (Lipinski definition) is 3. The van der Waals surface area contributed by atoms with E-state index in [1.807, 2.05) is 6.07 Å². The van der Waals surface area contributed by atoms with Gasteiger partial charge in [0, 0.05) is 10.6 Å². The lowest BCUT2D eigenvalue weighted by molar-refractivity contribution is 0.113. The molecule has 1 aromatic heterocycles. The first kappa shape index (κ1) is 13.1. The van der Waals surface area contributed by atoms with Gasteiger partial charge < -0.3 is 10.1 Å². The Kier molecular flexibility index (Phi) is 3.66. The zero-order chi connectivity index (χ0) is 13.9. The summed E-state index contributed by atoms with van der Waals surface area (Å²) in [4.78, 5) is 13.0. The van der Waals surface area contributed by atoms with Crippen LogP contribution in [0.1, 0.15) is 10.4 Å². The standard InChI is InChI=1S/C14H13FN2O2S/c15-10-2-1-3-11(7-10)16-14(18)17-13-6-9-4-5-19-8-12(9)20-13/h1-3,6-7H,4-5,8H2,(H2,16,17,18). The number of ether oxygens (including phenoxy) is 1. The van der Waals surface area contributed by atoms with Gasteiger partial charge in [-0.3, -0.25) is 5.32 Å². The van der Waals surface area contributed by atoms with E-state index in [4.69, 9.17) is 4.74 Å². The van der Waals surface area contributed by atoms with Crippen molar-refractivity contribution in [3.8, 4) is 0 Å². The van der Waals surface area contributed by atoms with Crippen LogP contribution in [0.15, 0.2) is 30.3 Å². The summed E-state index contributed by atoms with van der Waals surface area (Å²) in [6.07, 6.45) is 0.874. The third-order valence-electron chi connectivity index (χ3n) is 2.96. The summed E-state index contributed by atoms with van der Waals surface area (Å²) in [7, 11) is 0. The van der Waals surface area contributed by atoms with Crippen LogP contribution in [0.25, 0.3) is 0 Å². The second kappa shape index (κ2) is 5.60. The molecule has 0 spiro atoms. The van der Waals surface area contributed by atoms with Gasteiger partial charge in [-0.1, -0.05) is 6.07 Å². The van der Waals surface area contributed by atoms with Crippen LogP contribution in [0.2, 0.25) is 0 Å². The first-order valence-corrected chi connectivity index (χ1v) is 7.05. The van der Waals surface area contributed by atoms with Crippen molar-refractivity contribution in [1.82, 2.24) is 0 Å². The van der Waals surface area contributed by atoms with Gasteiger partial charge in [-0.05, 0) is 36.2 Å². The van der Waals surface area contributed by atoms with Crippen molar-refractivity contribution in [2.75, 3.05) is 17.2 Å². The van der Waals surface area contributed by atoms with Gasteiger partial charge in [-0.15, -0.1) is 11.3 Å². The minimum atomic E-state index is -0.383. The molecule has 0 atom stereocenters. The average Bonchev–Trinajstić information content (AvgIpc) is 2.80. The van der Waals surface area contributed by atoms with Crippen molar-refractivity contribution in [3.05, 3.63) is 46.6 Å². The average molecular weight is 292 g/mol. The molecule has 4 nitrogen and oxygen atoms in total. The molecule has 1 aliphatic rings. The van der Waals surface area contributed by atoms with Crippen LogP contribution < -0.4 is 10.6 Å². The van der Waals surface area contributed by atoms with Crippen LogP contribution in [-0.4, -0.2) is 12.6 Å². The summed E-state index contributed by atoms with van der Waals surface area (Å²) in [6.45, 7) is 1.33. The number of benzene rings is 1. The van der Waals surface area contributed by atoms with E-state index in [0.717, 1.165) is 22.9 Å². The van der Waals surface area contributed by atoms with Gasteiger partial charge in [-0.25, -0.2) is 9.18 Å². The predicted molar refractivity (Wildman–Crippen MR) is 76.7 cm³/mol. The molecular weight excluding hydrogens is 279 g/mol. The lowest BCUT2D eigenvalue weighted by Gasteiger charge is -2.10. The molecule has 1 aliphatic heterocycles. The molecule has 104 valence electrons. The summed E-state index contributed by atoms with van der Waals surface area (Å²) in [6, 6.07) is 7.37. The Morgan fingerprint density at radius 3 is 3.00 bits per heavy atom. The molecule has 0 radical (unpaired) electrons. The quantitative estimate of drug-likeness (QED) is 0.888. The highest BCUT2D eigenvalue weighted by Gasteiger charge is 2.14. The third-order valence-corrected chi connectivity index (χ3v) is 4.03. The van der Waals surface area contributed by atoms with E-state index in [9.17, 15) is 9.18 Å². The SMILES string of the molecule is O=C(Nc1cccc(F)c1)Nc1cc2c(s1)COCC2. The summed E-state index contributed by atoms with van der Waals surface area (Å²) in [5.74, 6) is -0.383. The summed E-state index contributed by atoms with van der Waals surface area (Å²) < 4.78 is 18.4. The molecule has 0 aliphatic carbocycles. The molecule has 2 aromatic rings. The fourth-order valence-corrected chi connectivity index (χ4v) is 3.09. The number of halogens is 1. The number of anilines is 2. The smallest absolute Gasteiger partial charge is 0.324 e. The van der Waals surface area contributed by atoms with Gasteiger partial charge >= 0.3 is 6.03 Å². The van der Waals surface area contributed by atoms with Crippen molar-refractivity contribution in [1.29, 1.82) is 0 Å². The number of amides is 2. The Morgan fingerprint density at radius 2 is 2.20 bits per heavy atom. The van der Waals surface area contributed by atoms with Crippen LogP contribution in [-0.2, 0) is 17.8 Å². The zero-order valence-corrected chi connectivity index (χ0v) is 11.4. The van der Waals surface area contributed by atoms with E-state index in [1.54, 1.807) is 12.1 Å². The lowest BCUT2D eigenvalue weighted by Crippen LogP contribution is -2.18. The van der Waals surface area contributed by atoms with Crippen molar-refractivity contribution < 1.29 is 13.9 Å². The minimum absolute atomic E-state index is 0.380. The van der Waals surface area contributed by atoms with Gasteiger partial charge in [0.2, 0.25) is 0 Å². The Balaban J connectivity index is 1.65. The van der Waals surface area contributed by atoms with E-state index in [0.29, 0.717) is 12.3 Å². The predicted octanol–water partition coefficient (Wildman–Crippen LogP) is 3.60. The van der Waals surface area contributed by atoms with Crippen molar-refractivity contribution >= 4 is 28.1 Å². The zero-order valence-electron chi connectivity index (χ0n) is 10.6. The number of carbonyl (C=O) groups is 1. The Bertz CT molecular complexity index is 618. The highest BCUT2D eigenvalue weighted by molar-refractivity contribution is 7.16. The maximum atomic E-state index is 13.0. The van der Waals surface area contributed by atoms with Gasteiger partial charge in [0.15, 0.2) is 0 Å². The van der Waals surface area contributed by atoms with Crippen molar-refractivity contribution in [3.63, 3.8) is 0 Å². The van der Waals surface area contributed by atoms with Crippen LogP contribution in [0.5, 0.6) is 0 Å². The molecule has 2 amide bonds. The maximum Gasteiger partial charge on any atom is 0.324 e. The molecule has 1 aromatic carbocycles. The molecule has 0 saturated heterocycles. The highest BCUT2D eigenvalue weighted by Crippen LogP contribution is 2.30. The fraction of sp³-hybridized carbons (Fsp3) is 0.214. The number of urea groups is 1. The first-order chi connectivity index (χ1) is 9.70. The van der Waals surface area contributed by atoms with E-state index < -0.39 is 0 Å². The summed E-state index contributed by atoms with van der Waals surface area (Å²) >= 11 is 1.51. The number of hydrogen-bond donors (Lipinski definition) is 2. The topological polar surface area (TPSA) is 50.4 Å². The molecular formula is C14H13FN2O2S. The molecule has 3 rings (SSSR count). The minimum Gasteiger partial charge on any atom is -0.376 e. The monoisotopic (exact) mass is 292 g/mol. The maximum absolute atomic E-state index is 13.0. The first-order valence-electron chi connectivity index (χ1n) is 6.23. The molecule has 0 unspecified atom stereocenters. The fourth-order valence-electron chi connectivity index (χ4n) is 2.05. The highest BCUT2D eigenvalue weighted by atomic mass is 32.1. The van der Waals surface area contributed by atoms with Crippen LogP contribution in [0, 0.1) is 5.82 Å².